The molecule has 76 valence electrons. The summed E-state index contributed by atoms with van der Waals surface area (Å²) in [6.45, 7) is 4.36. The molecule has 0 amide bonds. The molecule has 1 saturated heterocycles. The summed E-state index contributed by atoms with van der Waals surface area (Å²) >= 11 is 2.05. The van der Waals surface area contributed by atoms with Crippen LogP contribution in [0, 0.1) is 13.8 Å². The van der Waals surface area contributed by atoms with Gasteiger partial charge in [-0.2, -0.15) is 11.8 Å². The zero-order valence-corrected chi connectivity index (χ0v) is 9.66. The molecule has 0 unspecified atom stereocenters. The van der Waals surface area contributed by atoms with Crippen molar-refractivity contribution in [1.29, 1.82) is 0 Å². The molecule has 1 fully saturated rings. The van der Waals surface area contributed by atoms with Crippen molar-refractivity contribution in [2.24, 2.45) is 0 Å². The number of benzene rings is 1. The van der Waals surface area contributed by atoms with Crippen LogP contribution in [0.25, 0.3) is 0 Å². The summed E-state index contributed by atoms with van der Waals surface area (Å²) in [6, 6.07) is 7.17. The maximum Gasteiger partial charge on any atom is 0.0374 e. The molecular weight excluding hydrogens is 190 g/mol. The van der Waals surface area contributed by atoms with Gasteiger partial charge in [-0.25, -0.2) is 0 Å². The fourth-order valence-corrected chi connectivity index (χ4v) is 2.93. The summed E-state index contributed by atoms with van der Waals surface area (Å²) in [4.78, 5) is 0. The number of hydrogen-bond acceptors (Lipinski definition) is 2. The molecule has 2 rings (SSSR count). The van der Waals surface area contributed by atoms with Crippen molar-refractivity contribution in [1.82, 2.24) is 0 Å². The number of aryl methyl sites for hydroxylation is 1. The monoisotopic (exact) mass is 207 g/mol. The van der Waals surface area contributed by atoms with E-state index in [4.69, 9.17) is 0 Å². The summed E-state index contributed by atoms with van der Waals surface area (Å²) in [5, 5.41) is 3.63. The lowest BCUT2D eigenvalue weighted by molar-refractivity contribution is 0.811. The third kappa shape index (κ3) is 2.06. The SMILES string of the molecule is Cc1cccc(N[C@H]2CCSC2)c1C. The predicted octanol–water partition coefficient (Wildman–Crippen LogP) is 3.22. The average molecular weight is 207 g/mol. The first-order chi connectivity index (χ1) is 6.77. The topological polar surface area (TPSA) is 12.0 Å². The van der Waals surface area contributed by atoms with E-state index in [-0.39, 0.29) is 0 Å². The smallest absolute Gasteiger partial charge is 0.0374 e. The second-order valence-electron chi connectivity index (χ2n) is 3.95. The molecule has 1 nitrogen and oxygen atoms in total. The molecule has 2 heteroatoms. The van der Waals surface area contributed by atoms with Crippen LogP contribution in [0.3, 0.4) is 0 Å². The van der Waals surface area contributed by atoms with Gasteiger partial charge in [-0.15, -0.1) is 0 Å². The van der Waals surface area contributed by atoms with Gasteiger partial charge in [-0.1, -0.05) is 12.1 Å². The van der Waals surface area contributed by atoms with Crippen molar-refractivity contribution >= 4 is 17.4 Å². The molecule has 1 aliphatic rings. The number of thioether (sulfide) groups is 1. The van der Waals surface area contributed by atoms with Gasteiger partial charge >= 0.3 is 0 Å². The Morgan fingerprint density at radius 3 is 2.93 bits per heavy atom. The van der Waals surface area contributed by atoms with Crippen molar-refractivity contribution in [3.05, 3.63) is 29.3 Å². The van der Waals surface area contributed by atoms with Crippen molar-refractivity contribution in [2.75, 3.05) is 16.8 Å². The highest BCUT2D eigenvalue weighted by molar-refractivity contribution is 7.99. The highest BCUT2D eigenvalue weighted by atomic mass is 32.2. The Kier molecular flexibility index (Phi) is 3.02. The van der Waals surface area contributed by atoms with Crippen molar-refractivity contribution in [3.8, 4) is 0 Å². The van der Waals surface area contributed by atoms with Crippen LogP contribution in [-0.2, 0) is 0 Å². The highest BCUT2D eigenvalue weighted by Crippen LogP contribution is 2.24. The van der Waals surface area contributed by atoms with E-state index < -0.39 is 0 Å². The molecule has 1 aromatic carbocycles. The van der Waals surface area contributed by atoms with Crippen molar-refractivity contribution in [3.63, 3.8) is 0 Å². The summed E-state index contributed by atoms with van der Waals surface area (Å²) in [6.07, 6.45) is 1.30. The van der Waals surface area contributed by atoms with Gasteiger partial charge in [0.05, 0.1) is 0 Å². The maximum absolute atomic E-state index is 3.63. The first kappa shape index (κ1) is 9.91. The van der Waals surface area contributed by atoms with Gasteiger partial charge in [0.2, 0.25) is 0 Å². The summed E-state index contributed by atoms with van der Waals surface area (Å²) < 4.78 is 0. The fourth-order valence-electron chi connectivity index (χ4n) is 1.78. The number of hydrogen-bond donors (Lipinski definition) is 1. The van der Waals surface area contributed by atoms with Gasteiger partial charge in [-0.05, 0) is 43.2 Å². The Bertz CT molecular complexity index is 316. The first-order valence-electron chi connectivity index (χ1n) is 5.18. The van der Waals surface area contributed by atoms with Crippen LogP contribution in [0.5, 0.6) is 0 Å². The van der Waals surface area contributed by atoms with Crippen LogP contribution in [0.4, 0.5) is 5.69 Å². The van der Waals surface area contributed by atoms with E-state index >= 15 is 0 Å². The molecule has 0 radical (unpaired) electrons. The van der Waals surface area contributed by atoms with Crippen LogP contribution in [0.15, 0.2) is 18.2 Å². The Hall–Kier alpha value is -0.630. The van der Waals surface area contributed by atoms with E-state index in [9.17, 15) is 0 Å². The lowest BCUT2D eigenvalue weighted by Gasteiger charge is -2.16. The average Bonchev–Trinajstić information content (AvgIpc) is 2.66. The molecule has 1 aromatic rings. The zero-order valence-electron chi connectivity index (χ0n) is 8.84. The number of nitrogens with one attached hydrogen (secondary N) is 1. The zero-order chi connectivity index (χ0) is 9.97. The van der Waals surface area contributed by atoms with Crippen molar-refractivity contribution < 1.29 is 0 Å². The maximum atomic E-state index is 3.63. The number of anilines is 1. The lowest BCUT2D eigenvalue weighted by Crippen LogP contribution is -2.18. The van der Waals surface area contributed by atoms with E-state index in [2.05, 4.69) is 37.4 Å². The second-order valence-corrected chi connectivity index (χ2v) is 5.10. The molecular formula is C12H17NS. The number of rotatable bonds is 2. The molecule has 1 aliphatic heterocycles. The Morgan fingerprint density at radius 2 is 2.21 bits per heavy atom. The summed E-state index contributed by atoms with van der Waals surface area (Å²) in [7, 11) is 0. The van der Waals surface area contributed by atoms with E-state index in [0.717, 1.165) is 0 Å². The van der Waals surface area contributed by atoms with Crippen LogP contribution in [-0.4, -0.2) is 17.5 Å². The quantitative estimate of drug-likeness (QED) is 0.799. The molecule has 0 spiro atoms. The molecule has 1 N–H and O–H groups in total. The van der Waals surface area contributed by atoms with Gasteiger partial charge < -0.3 is 5.32 Å². The fraction of sp³-hybridized carbons (Fsp3) is 0.500. The minimum Gasteiger partial charge on any atom is -0.381 e. The van der Waals surface area contributed by atoms with Gasteiger partial charge in [0.15, 0.2) is 0 Å². The normalized spacial score (nSPS) is 21.1. The predicted molar refractivity (Wildman–Crippen MR) is 65.3 cm³/mol. The van der Waals surface area contributed by atoms with E-state index in [0.29, 0.717) is 6.04 Å². The van der Waals surface area contributed by atoms with E-state index in [1.165, 1.54) is 34.7 Å². The molecule has 0 aliphatic carbocycles. The van der Waals surface area contributed by atoms with Gasteiger partial charge in [0.1, 0.15) is 0 Å². The standard InChI is InChI=1S/C12H17NS/c1-9-4-3-5-12(10(9)2)13-11-6-7-14-8-11/h3-5,11,13H,6-8H2,1-2H3/t11-/m0/s1. The van der Waals surface area contributed by atoms with Crippen LogP contribution in [0.2, 0.25) is 0 Å². The molecule has 1 atom stereocenters. The highest BCUT2D eigenvalue weighted by Gasteiger charge is 2.15. The van der Waals surface area contributed by atoms with Crippen LogP contribution < -0.4 is 5.32 Å². The molecule has 1 heterocycles. The first-order valence-corrected chi connectivity index (χ1v) is 6.33. The second kappa shape index (κ2) is 4.26. The Labute approximate surface area is 90.3 Å². The molecule has 0 bridgehead atoms. The third-order valence-electron chi connectivity index (χ3n) is 2.89. The van der Waals surface area contributed by atoms with E-state index in [1.807, 2.05) is 11.8 Å². The minimum absolute atomic E-state index is 0.681. The lowest BCUT2D eigenvalue weighted by atomic mass is 10.1. The van der Waals surface area contributed by atoms with Gasteiger partial charge in [0.25, 0.3) is 0 Å². The Balaban J connectivity index is 2.11. The van der Waals surface area contributed by atoms with Gasteiger partial charge in [0, 0.05) is 17.5 Å². The molecule has 14 heavy (non-hydrogen) atoms. The van der Waals surface area contributed by atoms with Crippen LogP contribution in [0.1, 0.15) is 17.5 Å². The minimum atomic E-state index is 0.681. The Morgan fingerprint density at radius 1 is 1.36 bits per heavy atom. The van der Waals surface area contributed by atoms with Crippen LogP contribution >= 0.6 is 11.8 Å². The van der Waals surface area contributed by atoms with Gasteiger partial charge in [-0.3, -0.25) is 0 Å². The summed E-state index contributed by atoms with van der Waals surface area (Å²) in [5.74, 6) is 2.57. The van der Waals surface area contributed by atoms with Crippen molar-refractivity contribution in [2.45, 2.75) is 26.3 Å². The summed E-state index contributed by atoms with van der Waals surface area (Å²) in [5.41, 5.74) is 4.09. The third-order valence-corrected chi connectivity index (χ3v) is 4.06. The van der Waals surface area contributed by atoms with E-state index in [1.54, 1.807) is 0 Å². The molecule has 0 saturated carbocycles. The molecule has 0 aromatic heterocycles. The largest absolute Gasteiger partial charge is 0.381 e.